The Morgan fingerprint density at radius 3 is 2.44 bits per heavy atom. The summed E-state index contributed by atoms with van der Waals surface area (Å²) in [6.45, 7) is 1.79. The number of nitrogens with zero attached hydrogens (tertiary/aromatic N) is 1. The van der Waals surface area contributed by atoms with E-state index in [9.17, 15) is 9.59 Å². The molecule has 2 aliphatic heterocycles. The summed E-state index contributed by atoms with van der Waals surface area (Å²) in [5, 5.41) is 6.02. The zero-order chi connectivity index (χ0) is 22.3. The van der Waals surface area contributed by atoms with Crippen molar-refractivity contribution in [3.63, 3.8) is 0 Å². The van der Waals surface area contributed by atoms with Gasteiger partial charge in [0.05, 0.1) is 13.2 Å². The van der Waals surface area contributed by atoms with Crippen molar-refractivity contribution in [2.24, 2.45) is 5.92 Å². The molecule has 0 saturated carbocycles. The zero-order valence-electron chi connectivity index (χ0n) is 17.7. The van der Waals surface area contributed by atoms with Crippen molar-refractivity contribution in [2.75, 3.05) is 17.3 Å². The topological polar surface area (TPSA) is 79.9 Å². The molecule has 1 saturated heterocycles. The van der Waals surface area contributed by atoms with Gasteiger partial charge in [0, 0.05) is 16.9 Å². The lowest BCUT2D eigenvalue weighted by molar-refractivity contribution is -0.131. The predicted octanol–water partition coefficient (Wildman–Crippen LogP) is 4.33. The van der Waals surface area contributed by atoms with Crippen LogP contribution >= 0.6 is 0 Å². The molecule has 5 rings (SSSR count). The first kappa shape index (κ1) is 19.9. The van der Waals surface area contributed by atoms with Crippen molar-refractivity contribution in [1.29, 1.82) is 0 Å². The van der Waals surface area contributed by atoms with Gasteiger partial charge in [-0.2, -0.15) is 0 Å². The molecule has 162 valence electrons. The highest BCUT2D eigenvalue weighted by molar-refractivity contribution is 6.01. The number of urea groups is 1. The van der Waals surface area contributed by atoms with Gasteiger partial charge in [-0.3, -0.25) is 9.69 Å². The Hall–Kier alpha value is -4.00. The molecular formula is C25H23N3O4. The fourth-order valence-electron chi connectivity index (χ4n) is 4.59. The van der Waals surface area contributed by atoms with Crippen LogP contribution in [0.15, 0.2) is 78.9 Å². The van der Waals surface area contributed by atoms with Crippen molar-refractivity contribution in [2.45, 2.75) is 18.7 Å². The molecule has 3 amide bonds. The number of anilines is 2. The molecule has 7 nitrogen and oxygen atoms in total. The maximum absolute atomic E-state index is 13.6. The zero-order valence-corrected chi connectivity index (χ0v) is 17.7. The lowest BCUT2D eigenvalue weighted by Crippen LogP contribution is -2.72. The highest BCUT2D eigenvalue weighted by Gasteiger charge is 2.60. The number of hydrogen-bond acceptors (Lipinski definition) is 4. The van der Waals surface area contributed by atoms with Gasteiger partial charge in [0.15, 0.2) is 0 Å². The van der Waals surface area contributed by atoms with Gasteiger partial charge >= 0.3 is 6.03 Å². The van der Waals surface area contributed by atoms with Gasteiger partial charge in [-0.25, -0.2) is 4.79 Å². The van der Waals surface area contributed by atoms with Crippen LogP contribution in [0, 0.1) is 5.92 Å². The highest BCUT2D eigenvalue weighted by atomic mass is 16.5. The van der Waals surface area contributed by atoms with Crippen LogP contribution in [0.2, 0.25) is 0 Å². The fourth-order valence-corrected chi connectivity index (χ4v) is 4.59. The maximum Gasteiger partial charge on any atom is 0.325 e. The molecule has 1 fully saturated rings. The lowest BCUT2D eigenvalue weighted by atomic mass is 9.78. The van der Waals surface area contributed by atoms with Gasteiger partial charge in [-0.1, -0.05) is 36.4 Å². The first-order valence-corrected chi connectivity index (χ1v) is 10.4. The average molecular weight is 429 g/mol. The van der Waals surface area contributed by atoms with E-state index in [1.807, 2.05) is 54.6 Å². The third-order valence-electron chi connectivity index (χ3n) is 6.06. The summed E-state index contributed by atoms with van der Waals surface area (Å²) in [5.74, 6) is 0.384. The Balaban J connectivity index is 1.58. The Bertz CT molecular complexity index is 1170. The third-order valence-corrected chi connectivity index (χ3v) is 6.06. The van der Waals surface area contributed by atoms with Crippen LogP contribution in [0.25, 0.3) is 0 Å². The molecule has 2 heterocycles. The van der Waals surface area contributed by atoms with Crippen molar-refractivity contribution in [1.82, 2.24) is 5.32 Å². The molecule has 0 aliphatic carbocycles. The smallest absolute Gasteiger partial charge is 0.325 e. The Morgan fingerprint density at radius 2 is 1.72 bits per heavy atom. The second kappa shape index (κ2) is 7.60. The Labute approximate surface area is 185 Å². The summed E-state index contributed by atoms with van der Waals surface area (Å²) in [6, 6.07) is 23.0. The van der Waals surface area contributed by atoms with E-state index in [4.69, 9.17) is 9.47 Å². The fraction of sp³-hybridized carbons (Fsp3) is 0.200. The van der Waals surface area contributed by atoms with Gasteiger partial charge in [0.1, 0.15) is 17.4 Å². The van der Waals surface area contributed by atoms with Crippen molar-refractivity contribution < 1.29 is 19.1 Å². The molecule has 7 heteroatoms. The SMILES string of the molecule is COc1ccc(NC(=O)[C@H]2[C@H]3NC(=O)N(c4ccccc4)[C@@]2(C)Oc2ccccc23)cc1. The molecule has 2 N–H and O–H groups in total. The van der Waals surface area contributed by atoms with Gasteiger partial charge in [-0.15, -0.1) is 0 Å². The van der Waals surface area contributed by atoms with Gasteiger partial charge in [0.25, 0.3) is 0 Å². The number of amides is 3. The predicted molar refractivity (Wildman–Crippen MR) is 121 cm³/mol. The van der Waals surface area contributed by atoms with Crippen LogP contribution < -0.4 is 25.0 Å². The second-order valence-corrected chi connectivity index (χ2v) is 7.99. The van der Waals surface area contributed by atoms with E-state index in [2.05, 4.69) is 10.6 Å². The van der Waals surface area contributed by atoms with E-state index in [0.717, 1.165) is 5.56 Å². The number of carbonyl (C=O) groups excluding carboxylic acids is 2. The van der Waals surface area contributed by atoms with Crippen LogP contribution in [-0.4, -0.2) is 24.8 Å². The van der Waals surface area contributed by atoms with Crippen LogP contribution in [0.5, 0.6) is 11.5 Å². The van der Waals surface area contributed by atoms with Gasteiger partial charge in [-0.05, 0) is 49.4 Å². The van der Waals surface area contributed by atoms with Crippen molar-refractivity contribution in [3.05, 3.63) is 84.4 Å². The number of methoxy groups -OCH3 is 1. The summed E-state index contributed by atoms with van der Waals surface area (Å²) >= 11 is 0. The molecule has 3 aromatic carbocycles. The number of fused-ring (bicyclic) bond motifs is 4. The number of carbonyl (C=O) groups is 2. The van der Waals surface area contributed by atoms with E-state index in [1.165, 1.54) is 4.90 Å². The standard InChI is InChI=1S/C25H23N3O4/c1-25-21(23(29)26-16-12-14-18(31-2)15-13-16)22(19-10-6-7-11-20(19)32-25)27-24(30)28(25)17-8-4-3-5-9-17/h3-15,21-22H,1-2H3,(H,26,29)(H,27,30)/t21-,22+,25+/m1/s1. The molecule has 32 heavy (non-hydrogen) atoms. The molecule has 0 unspecified atom stereocenters. The molecule has 0 radical (unpaired) electrons. The van der Waals surface area contributed by atoms with E-state index >= 15 is 0 Å². The number of nitrogens with one attached hydrogen (secondary N) is 2. The van der Waals surface area contributed by atoms with Gasteiger partial charge < -0.3 is 20.1 Å². The maximum atomic E-state index is 13.6. The molecule has 0 spiro atoms. The van der Waals surface area contributed by atoms with E-state index in [-0.39, 0.29) is 11.9 Å². The normalized spacial score (nSPS) is 23.4. The molecule has 0 aromatic heterocycles. The molecule has 2 aliphatic rings. The van der Waals surface area contributed by atoms with Crippen LogP contribution in [0.4, 0.5) is 16.2 Å². The number of hydrogen-bond donors (Lipinski definition) is 2. The minimum Gasteiger partial charge on any atom is -0.497 e. The summed E-state index contributed by atoms with van der Waals surface area (Å²) < 4.78 is 11.6. The van der Waals surface area contributed by atoms with E-state index in [1.54, 1.807) is 38.3 Å². The first-order chi connectivity index (χ1) is 15.5. The largest absolute Gasteiger partial charge is 0.497 e. The summed E-state index contributed by atoms with van der Waals surface area (Å²) in [7, 11) is 1.59. The number of para-hydroxylation sites is 2. The molecule has 2 bridgehead atoms. The van der Waals surface area contributed by atoms with Gasteiger partial charge in [0.2, 0.25) is 11.6 Å². The average Bonchev–Trinajstić information content (AvgIpc) is 2.79. The third kappa shape index (κ3) is 3.13. The van der Waals surface area contributed by atoms with Crippen LogP contribution in [0.3, 0.4) is 0 Å². The lowest BCUT2D eigenvalue weighted by Gasteiger charge is -2.54. The highest BCUT2D eigenvalue weighted by Crippen LogP contribution is 2.49. The Kier molecular flexibility index (Phi) is 4.74. The molecule has 3 atom stereocenters. The van der Waals surface area contributed by atoms with E-state index in [0.29, 0.717) is 22.9 Å². The second-order valence-electron chi connectivity index (χ2n) is 7.99. The summed E-state index contributed by atoms with van der Waals surface area (Å²) in [6.07, 6.45) is 0. The number of benzene rings is 3. The Morgan fingerprint density at radius 1 is 1.03 bits per heavy atom. The van der Waals surface area contributed by atoms with E-state index < -0.39 is 17.7 Å². The number of ether oxygens (including phenoxy) is 2. The number of rotatable bonds is 4. The quantitative estimate of drug-likeness (QED) is 0.647. The van der Waals surface area contributed by atoms with Crippen molar-refractivity contribution in [3.8, 4) is 11.5 Å². The summed E-state index contributed by atoms with van der Waals surface area (Å²) in [4.78, 5) is 28.4. The monoisotopic (exact) mass is 429 g/mol. The molecule has 3 aromatic rings. The molecular weight excluding hydrogens is 406 g/mol. The van der Waals surface area contributed by atoms with Crippen molar-refractivity contribution >= 4 is 23.3 Å². The summed E-state index contributed by atoms with van der Waals surface area (Å²) in [5.41, 5.74) is 0.821. The minimum atomic E-state index is -1.24. The first-order valence-electron chi connectivity index (χ1n) is 10.4. The minimum absolute atomic E-state index is 0.252. The van der Waals surface area contributed by atoms with Crippen LogP contribution in [0.1, 0.15) is 18.5 Å². The van der Waals surface area contributed by atoms with Crippen LogP contribution in [-0.2, 0) is 4.79 Å².